The third-order valence-corrected chi connectivity index (χ3v) is 5.89. The van der Waals surface area contributed by atoms with Crippen LogP contribution in [0.3, 0.4) is 0 Å². The molecule has 5 nitrogen and oxygen atoms in total. The Morgan fingerprint density at radius 2 is 1.97 bits per heavy atom. The molecule has 1 aromatic heterocycles. The molecule has 162 valence electrons. The molecule has 10 heteroatoms. The van der Waals surface area contributed by atoms with Gasteiger partial charge in [-0.25, -0.2) is 9.37 Å². The number of carbonyl (C=O) groups excluding carboxylic acids is 1. The van der Waals surface area contributed by atoms with Gasteiger partial charge in [0.15, 0.2) is 10.8 Å². The number of nitrogens with zero attached hydrogens (tertiary/aromatic N) is 4. The largest absolute Gasteiger partial charge is 0.419 e. The summed E-state index contributed by atoms with van der Waals surface area (Å²) in [5.41, 5.74) is -2.10. The summed E-state index contributed by atoms with van der Waals surface area (Å²) in [6.45, 7) is 1.57. The smallest absolute Gasteiger partial charge is 0.320 e. The molecular weight excluding hydrogens is 432 g/mol. The monoisotopic (exact) mass is 450 g/mol. The van der Waals surface area contributed by atoms with Crippen molar-refractivity contribution < 1.29 is 22.4 Å². The highest BCUT2D eigenvalue weighted by Crippen LogP contribution is 2.41. The van der Waals surface area contributed by atoms with Crippen LogP contribution < -0.4 is 9.80 Å². The summed E-state index contributed by atoms with van der Waals surface area (Å²) in [4.78, 5) is 18.5. The number of carbonyl (C=O) groups is 1. The first-order valence-electron chi connectivity index (χ1n) is 9.32. The van der Waals surface area contributed by atoms with Crippen LogP contribution in [0.15, 0.2) is 30.5 Å². The second-order valence-electron chi connectivity index (χ2n) is 7.38. The van der Waals surface area contributed by atoms with Gasteiger partial charge in [0.1, 0.15) is 23.7 Å². The molecule has 0 spiro atoms. The fraction of sp³-hybridized carbons (Fsp3) is 0.333. The van der Waals surface area contributed by atoms with Gasteiger partial charge in [-0.1, -0.05) is 0 Å². The van der Waals surface area contributed by atoms with Crippen LogP contribution in [0.2, 0.25) is 0 Å². The van der Waals surface area contributed by atoms with Gasteiger partial charge in [0.05, 0.1) is 17.4 Å². The van der Waals surface area contributed by atoms with Crippen LogP contribution in [-0.2, 0) is 11.0 Å². The van der Waals surface area contributed by atoms with Crippen molar-refractivity contribution >= 4 is 35.0 Å². The molecule has 0 amide bonds. The maximum Gasteiger partial charge on any atom is 0.419 e. The third-order valence-electron chi connectivity index (χ3n) is 5.43. The Hall–Kier alpha value is -3.06. The number of rotatable bonds is 4. The van der Waals surface area contributed by atoms with Crippen LogP contribution >= 0.6 is 12.2 Å². The highest BCUT2D eigenvalue weighted by atomic mass is 32.1. The molecule has 1 aliphatic rings. The first-order chi connectivity index (χ1) is 14.5. The normalized spacial score (nSPS) is 14.9. The number of benzene rings is 1. The summed E-state index contributed by atoms with van der Waals surface area (Å²) in [5.74, 6) is -0.428. The Morgan fingerprint density at radius 1 is 1.29 bits per heavy atom. The second-order valence-corrected chi connectivity index (χ2v) is 7.75. The number of thiocarbonyl (C=S) groups is 1. The van der Waals surface area contributed by atoms with E-state index in [1.807, 2.05) is 0 Å². The van der Waals surface area contributed by atoms with Gasteiger partial charge in [-0.3, -0.25) is 0 Å². The molecule has 2 aromatic rings. The van der Waals surface area contributed by atoms with Gasteiger partial charge >= 0.3 is 6.18 Å². The van der Waals surface area contributed by atoms with E-state index in [4.69, 9.17) is 17.5 Å². The van der Waals surface area contributed by atoms with Crippen molar-refractivity contribution in [1.29, 1.82) is 5.26 Å². The van der Waals surface area contributed by atoms with Crippen molar-refractivity contribution in [3.8, 4) is 6.07 Å². The average molecular weight is 450 g/mol. The molecule has 1 heterocycles. The minimum atomic E-state index is -4.78. The van der Waals surface area contributed by atoms with Gasteiger partial charge in [-0.05, 0) is 68.2 Å². The fourth-order valence-electron chi connectivity index (χ4n) is 3.46. The molecule has 31 heavy (non-hydrogen) atoms. The van der Waals surface area contributed by atoms with Gasteiger partial charge in [0, 0.05) is 12.7 Å². The summed E-state index contributed by atoms with van der Waals surface area (Å²) >= 11 is 5.58. The number of hydrogen-bond donors (Lipinski definition) is 0. The summed E-state index contributed by atoms with van der Waals surface area (Å²) < 4.78 is 53.9. The average Bonchev–Trinajstić information content (AvgIpc) is 2.70. The van der Waals surface area contributed by atoms with Gasteiger partial charge in [0.25, 0.3) is 0 Å². The van der Waals surface area contributed by atoms with Crippen LogP contribution in [0.4, 0.5) is 28.9 Å². The molecule has 0 saturated heterocycles. The van der Waals surface area contributed by atoms with Crippen LogP contribution in [0.5, 0.6) is 0 Å². The van der Waals surface area contributed by atoms with E-state index in [1.54, 1.807) is 11.8 Å². The van der Waals surface area contributed by atoms with Crippen molar-refractivity contribution in [2.45, 2.75) is 37.9 Å². The summed E-state index contributed by atoms with van der Waals surface area (Å²) in [7, 11) is 1.45. The lowest BCUT2D eigenvalue weighted by Crippen LogP contribution is -2.60. The Balaban J connectivity index is 2.07. The molecule has 0 radical (unpaired) electrons. The van der Waals surface area contributed by atoms with Gasteiger partial charge < -0.3 is 14.6 Å². The summed E-state index contributed by atoms with van der Waals surface area (Å²) in [6, 6.07) is 6.49. The SMILES string of the molecule is Cc1cc(N(C(=S)N(C)c2cnc(C#N)c(C(F)(F)F)c2)C2(C=O)CCC2)ccc1F. The molecule has 0 N–H and O–H groups in total. The number of aromatic nitrogens is 1. The molecule has 0 atom stereocenters. The zero-order chi connectivity index (χ0) is 23.0. The van der Waals surface area contributed by atoms with Gasteiger partial charge in [-0.15, -0.1) is 0 Å². The highest BCUT2D eigenvalue weighted by Gasteiger charge is 2.45. The van der Waals surface area contributed by atoms with E-state index in [0.717, 1.165) is 25.0 Å². The van der Waals surface area contributed by atoms with Crippen molar-refractivity contribution in [3.05, 3.63) is 53.1 Å². The lowest BCUT2D eigenvalue weighted by atomic mass is 9.76. The number of nitriles is 1. The number of anilines is 2. The fourth-order valence-corrected chi connectivity index (χ4v) is 3.85. The number of aryl methyl sites for hydroxylation is 1. The minimum absolute atomic E-state index is 0.000492. The molecule has 1 aliphatic carbocycles. The first kappa shape index (κ1) is 22.6. The molecule has 3 rings (SSSR count). The number of halogens is 4. The van der Waals surface area contributed by atoms with E-state index >= 15 is 0 Å². The predicted molar refractivity (Wildman–Crippen MR) is 111 cm³/mol. The standard InChI is InChI=1S/C21H18F4N4OS/c1-13-8-14(4-5-17(13)22)29(20(12-30)6-3-7-20)19(31)28(2)15-9-16(21(23,24)25)18(10-26)27-11-15/h4-5,8-9,11-12H,3,6-7H2,1-2H3. The highest BCUT2D eigenvalue weighted by molar-refractivity contribution is 7.80. The molecular formula is C21H18F4N4OS. The van der Waals surface area contributed by atoms with Crippen LogP contribution in [0.1, 0.15) is 36.1 Å². The van der Waals surface area contributed by atoms with Gasteiger partial charge in [0.2, 0.25) is 0 Å². The maximum absolute atomic E-state index is 13.8. The lowest BCUT2D eigenvalue weighted by Gasteiger charge is -2.49. The molecule has 0 unspecified atom stereocenters. The third kappa shape index (κ3) is 4.10. The van der Waals surface area contributed by atoms with E-state index < -0.39 is 28.8 Å². The number of aldehydes is 1. The second kappa shape index (κ2) is 8.23. The molecule has 1 saturated carbocycles. The predicted octanol–water partition coefficient (Wildman–Crippen LogP) is 4.77. The summed E-state index contributed by atoms with van der Waals surface area (Å²) in [5, 5.41) is 9.01. The van der Waals surface area contributed by atoms with Crippen molar-refractivity contribution in [3.63, 3.8) is 0 Å². The topological polar surface area (TPSA) is 60.2 Å². The number of pyridine rings is 1. The minimum Gasteiger partial charge on any atom is -0.320 e. The van der Waals surface area contributed by atoms with Gasteiger partial charge in [-0.2, -0.15) is 18.4 Å². The Morgan fingerprint density at radius 3 is 2.45 bits per heavy atom. The summed E-state index contributed by atoms with van der Waals surface area (Å²) in [6.07, 6.45) is -1.11. The van der Waals surface area contributed by atoms with E-state index in [0.29, 0.717) is 24.1 Å². The van der Waals surface area contributed by atoms with Crippen molar-refractivity contribution in [2.75, 3.05) is 16.8 Å². The van der Waals surface area contributed by atoms with E-state index in [-0.39, 0.29) is 10.8 Å². The maximum atomic E-state index is 13.8. The van der Waals surface area contributed by atoms with Crippen LogP contribution in [-0.4, -0.2) is 29.0 Å². The van der Waals surface area contributed by atoms with Crippen molar-refractivity contribution in [1.82, 2.24) is 4.98 Å². The zero-order valence-corrected chi connectivity index (χ0v) is 17.5. The molecule has 1 fully saturated rings. The Labute approximate surface area is 181 Å². The zero-order valence-electron chi connectivity index (χ0n) is 16.7. The van der Waals surface area contributed by atoms with Crippen LogP contribution in [0, 0.1) is 24.1 Å². The van der Waals surface area contributed by atoms with Crippen molar-refractivity contribution in [2.24, 2.45) is 0 Å². The van der Waals surface area contributed by atoms with E-state index in [1.165, 1.54) is 36.2 Å². The quantitative estimate of drug-likeness (QED) is 0.380. The molecule has 0 aliphatic heterocycles. The molecule has 1 aromatic carbocycles. The first-order valence-corrected chi connectivity index (χ1v) is 9.72. The Bertz CT molecular complexity index is 1080. The van der Waals surface area contributed by atoms with E-state index in [9.17, 15) is 22.4 Å². The number of hydrogen-bond acceptors (Lipinski definition) is 4. The lowest BCUT2D eigenvalue weighted by molar-refractivity contribution is -0.138. The molecule has 0 bridgehead atoms. The number of alkyl halides is 3. The Kier molecular flexibility index (Phi) is 6.00. The van der Waals surface area contributed by atoms with E-state index in [2.05, 4.69) is 4.98 Å². The van der Waals surface area contributed by atoms with Crippen LogP contribution in [0.25, 0.3) is 0 Å².